The molecule has 0 spiro atoms. The van der Waals surface area contributed by atoms with Crippen molar-refractivity contribution >= 4 is 12.4 Å². The van der Waals surface area contributed by atoms with E-state index in [1.165, 1.54) is 7.11 Å². The molecule has 0 aliphatic heterocycles. The fourth-order valence-electron chi connectivity index (χ4n) is 0.968. The second-order valence-electron chi connectivity index (χ2n) is 3.15. The number of carbonyl (C=O) groups is 2. The molecule has 5 nitrogen and oxygen atoms in total. The van der Waals surface area contributed by atoms with Gasteiger partial charge < -0.3 is 4.74 Å². The molecule has 0 fully saturated rings. The normalized spacial score (nSPS) is 12.4. The fraction of sp³-hybridized carbons (Fsp3) is 0.750. The van der Waals surface area contributed by atoms with Crippen LogP contribution in [0.2, 0.25) is 0 Å². The Balaban J connectivity index is 4.35. The summed E-state index contributed by atoms with van der Waals surface area (Å²) in [6.45, 7) is 3.77. The van der Waals surface area contributed by atoms with Crippen LogP contribution >= 0.6 is 0 Å². The molecular formula is C8H15NO4. The summed E-state index contributed by atoms with van der Waals surface area (Å²) in [6.07, 6.45) is 0.575. The number of ether oxygens (including phenoxy) is 1. The van der Waals surface area contributed by atoms with Crippen LogP contribution in [0.1, 0.15) is 20.3 Å². The first-order valence-corrected chi connectivity index (χ1v) is 4.03. The lowest BCUT2D eigenvalue weighted by Crippen LogP contribution is -2.39. The summed E-state index contributed by atoms with van der Waals surface area (Å²) in [4.78, 5) is 21.3. The van der Waals surface area contributed by atoms with Gasteiger partial charge in [-0.15, -0.1) is 0 Å². The van der Waals surface area contributed by atoms with Crippen LogP contribution in [0.4, 0.5) is 0 Å². The van der Waals surface area contributed by atoms with Gasteiger partial charge in [0.2, 0.25) is 6.41 Å². The van der Waals surface area contributed by atoms with Crippen molar-refractivity contribution in [2.45, 2.75) is 26.3 Å². The third-order valence-electron chi connectivity index (χ3n) is 1.60. The average molecular weight is 189 g/mol. The summed E-state index contributed by atoms with van der Waals surface area (Å²) in [7, 11) is 1.22. The minimum absolute atomic E-state index is 0.193. The minimum atomic E-state index is -0.900. The zero-order valence-corrected chi connectivity index (χ0v) is 8.06. The summed E-state index contributed by atoms with van der Waals surface area (Å²) < 4.78 is 4.44. The number of rotatable bonds is 5. The van der Waals surface area contributed by atoms with E-state index in [2.05, 4.69) is 4.74 Å². The third-order valence-corrected chi connectivity index (χ3v) is 1.60. The predicted molar refractivity (Wildman–Crippen MR) is 44.9 cm³/mol. The van der Waals surface area contributed by atoms with Gasteiger partial charge in [0.15, 0.2) is 6.04 Å². The highest BCUT2D eigenvalue weighted by atomic mass is 16.5. The van der Waals surface area contributed by atoms with Gasteiger partial charge in [-0.05, 0) is 12.3 Å². The molecule has 0 saturated heterocycles. The van der Waals surface area contributed by atoms with E-state index >= 15 is 0 Å². The Labute approximate surface area is 77.2 Å². The molecule has 0 radical (unpaired) electrons. The van der Waals surface area contributed by atoms with E-state index in [0.717, 1.165) is 0 Å². The quantitative estimate of drug-likeness (QED) is 0.294. The van der Waals surface area contributed by atoms with Crippen molar-refractivity contribution in [1.82, 2.24) is 5.06 Å². The summed E-state index contributed by atoms with van der Waals surface area (Å²) in [5.74, 6) is -0.415. The molecule has 0 bridgehead atoms. The number of hydrogen-bond donors (Lipinski definition) is 1. The van der Waals surface area contributed by atoms with Gasteiger partial charge in [-0.2, -0.15) is 0 Å². The predicted octanol–water partition coefficient (Wildman–Crippen LogP) is 0.422. The molecule has 0 aliphatic carbocycles. The highest BCUT2D eigenvalue weighted by molar-refractivity contribution is 5.77. The molecule has 0 rings (SSSR count). The molecule has 1 N–H and O–H groups in total. The first kappa shape index (κ1) is 11.9. The topological polar surface area (TPSA) is 66.8 Å². The van der Waals surface area contributed by atoms with E-state index in [9.17, 15) is 9.59 Å². The van der Waals surface area contributed by atoms with Crippen LogP contribution in [0.5, 0.6) is 0 Å². The molecule has 0 aromatic carbocycles. The summed E-state index contributed by atoms with van der Waals surface area (Å²) >= 11 is 0. The third kappa shape index (κ3) is 3.89. The molecule has 13 heavy (non-hydrogen) atoms. The SMILES string of the molecule is COC(=O)[C@@H](CC(C)C)N(O)C=O. The van der Waals surface area contributed by atoms with Crippen LogP contribution < -0.4 is 0 Å². The molecule has 5 heteroatoms. The molecule has 0 aromatic rings. The van der Waals surface area contributed by atoms with Crippen molar-refractivity contribution in [3.8, 4) is 0 Å². The Bertz CT molecular complexity index is 181. The van der Waals surface area contributed by atoms with E-state index in [1.807, 2.05) is 13.8 Å². The van der Waals surface area contributed by atoms with Gasteiger partial charge in [-0.3, -0.25) is 10.0 Å². The Kier molecular flexibility index (Phi) is 5.06. The van der Waals surface area contributed by atoms with Crippen LogP contribution in [0.25, 0.3) is 0 Å². The fourth-order valence-corrected chi connectivity index (χ4v) is 0.968. The largest absolute Gasteiger partial charge is 0.467 e. The van der Waals surface area contributed by atoms with E-state index in [-0.39, 0.29) is 12.3 Å². The van der Waals surface area contributed by atoms with Gasteiger partial charge in [0.05, 0.1) is 7.11 Å². The molecule has 1 amide bonds. The molecule has 0 unspecified atom stereocenters. The highest BCUT2D eigenvalue weighted by Gasteiger charge is 2.25. The van der Waals surface area contributed by atoms with Crippen LogP contribution in [0.3, 0.4) is 0 Å². The molecule has 76 valence electrons. The van der Waals surface area contributed by atoms with Gasteiger partial charge in [0, 0.05) is 0 Å². The van der Waals surface area contributed by atoms with Crippen molar-refractivity contribution in [2.24, 2.45) is 5.92 Å². The molecule has 0 aromatic heterocycles. The van der Waals surface area contributed by atoms with E-state index < -0.39 is 12.0 Å². The monoisotopic (exact) mass is 189 g/mol. The number of amides is 1. The maximum Gasteiger partial charge on any atom is 0.331 e. The Morgan fingerprint density at radius 3 is 2.46 bits per heavy atom. The van der Waals surface area contributed by atoms with E-state index in [4.69, 9.17) is 5.21 Å². The molecule has 0 heterocycles. The first-order chi connectivity index (χ1) is 6.02. The first-order valence-electron chi connectivity index (χ1n) is 4.03. The van der Waals surface area contributed by atoms with E-state index in [0.29, 0.717) is 11.5 Å². The van der Waals surface area contributed by atoms with Gasteiger partial charge in [-0.1, -0.05) is 13.8 Å². The Morgan fingerprint density at radius 2 is 2.15 bits per heavy atom. The second kappa shape index (κ2) is 5.53. The maximum atomic E-state index is 11.1. The maximum absolute atomic E-state index is 11.1. The van der Waals surface area contributed by atoms with Crippen LogP contribution in [-0.4, -0.2) is 35.8 Å². The number of esters is 1. The van der Waals surface area contributed by atoms with Gasteiger partial charge in [-0.25, -0.2) is 9.86 Å². The lowest BCUT2D eigenvalue weighted by Gasteiger charge is -2.21. The molecule has 0 saturated carbocycles. The van der Waals surface area contributed by atoms with Gasteiger partial charge >= 0.3 is 5.97 Å². The zero-order valence-electron chi connectivity index (χ0n) is 8.06. The van der Waals surface area contributed by atoms with Crippen molar-refractivity contribution in [3.05, 3.63) is 0 Å². The van der Waals surface area contributed by atoms with Crippen LogP contribution in [0, 0.1) is 5.92 Å². The van der Waals surface area contributed by atoms with Gasteiger partial charge in [0.25, 0.3) is 0 Å². The molecule has 1 atom stereocenters. The van der Waals surface area contributed by atoms with Crippen LogP contribution in [0.15, 0.2) is 0 Å². The van der Waals surface area contributed by atoms with Crippen molar-refractivity contribution in [3.63, 3.8) is 0 Å². The second-order valence-corrected chi connectivity index (χ2v) is 3.15. The molecular weight excluding hydrogens is 174 g/mol. The lowest BCUT2D eigenvalue weighted by molar-refractivity contribution is -0.178. The smallest absolute Gasteiger partial charge is 0.331 e. The van der Waals surface area contributed by atoms with Crippen molar-refractivity contribution in [2.75, 3.05) is 7.11 Å². The molecule has 0 aliphatic rings. The number of carbonyl (C=O) groups excluding carboxylic acids is 2. The number of hydrogen-bond acceptors (Lipinski definition) is 4. The Hall–Kier alpha value is -1.10. The highest BCUT2D eigenvalue weighted by Crippen LogP contribution is 2.10. The zero-order chi connectivity index (χ0) is 10.4. The van der Waals surface area contributed by atoms with Crippen molar-refractivity contribution < 1.29 is 19.5 Å². The minimum Gasteiger partial charge on any atom is -0.467 e. The summed E-state index contributed by atoms with van der Waals surface area (Å²) in [5.41, 5.74) is 0. The number of hydroxylamine groups is 2. The Morgan fingerprint density at radius 1 is 1.62 bits per heavy atom. The number of nitrogens with zero attached hydrogens (tertiary/aromatic N) is 1. The average Bonchev–Trinajstić information content (AvgIpc) is 2.11. The number of methoxy groups -OCH3 is 1. The van der Waals surface area contributed by atoms with Crippen LogP contribution in [-0.2, 0) is 14.3 Å². The summed E-state index contributed by atoms with van der Waals surface area (Å²) in [5, 5.41) is 9.37. The lowest BCUT2D eigenvalue weighted by atomic mass is 10.0. The summed E-state index contributed by atoms with van der Waals surface area (Å²) in [6, 6.07) is -0.900. The van der Waals surface area contributed by atoms with E-state index in [1.54, 1.807) is 0 Å². The van der Waals surface area contributed by atoms with Gasteiger partial charge in [0.1, 0.15) is 0 Å². The standard InChI is InChI=1S/C8H15NO4/c1-6(2)4-7(8(11)13-3)9(12)5-10/h5-7,12H,4H2,1-3H3/t7-/m1/s1. The van der Waals surface area contributed by atoms with Crippen molar-refractivity contribution in [1.29, 1.82) is 0 Å².